The predicted molar refractivity (Wildman–Crippen MR) is 213 cm³/mol. The molecule has 0 unspecified atom stereocenters. The minimum absolute atomic E-state index is 0.0248. The standard InChI is InChI=1S/C43H52N4O6S/c1-2-47(37-21-17-34(30-49)18-22-37)54(52,53)39-8-6-7-35(27-39)42(50)45-41-24-23-38(46-25-4-3-5-26-46)28-40(41)43(51)44-36-19-15-32(16-20-36)10-9-31-11-13-33(29-48)14-12-31/h6-8,11-16,19-20,23-24,27-28,34,37,48-49H,2-5,9-10,17-18,21-22,25-26,29-30H2,1H3,(H,44,51)(H,45,50)/t34-,37-. The summed E-state index contributed by atoms with van der Waals surface area (Å²) in [4.78, 5) is 30.0. The van der Waals surface area contributed by atoms with E-state index in [9.17, 15) is 28.2 Å². The van der Waals surface area contributed by atoms with Gasteiger partial charge in [-0.25, -0.2) is 8.42 Å². The quantitative estimate of drug-likeness (QED) is 0.109. The van der Waals surface area contributed by atoms with E-state index >= 15 is 0 Å². The molecule has 286 valence electrons. The van der Waals surface area contributed by atoms with Crippen molar-refractivity contribution in [2.24, 2.45) is 5.92 Å². The zero-order valence-corrected chi connectivity index (χ0v) is 31.9. The second-order valence-electron chi connectivity index (χ2n) is 14.5. The Morgan fingerprint density at radius 3 is 2.04 bits per heavy atom. The van der Waals surface area contributed by atoms with Crippen molar-refractivity contribution in [3.63, 3.8) is 0 Å². The summed E-state index contributed by atoms with van der Waals surface area (Å²) in [6.45, 7) is 4.04. The maximum atomic E-state index is 13.9. The number of aliphatic hydroxyl groups excluding tert-OH is 2. The number of carbonyl (C=O) groups is 2. The lowest BCUT2D eigenvalue weighted by atomic mass is 9.86. The molecule has 0 radical (unpaired) electrons. The molecule has 4 aromatic rings. The second-order valence-corrected chi connectivity index (χ2v) is 16.3. The molecule has 6 rings (SSSR count). The predicted octanol–water partition coefficient (Wildman–Crippen LogP) is 7.02. The van der Waals surface area contributed by atoms with E-state index in [0.29, 0.717) is 36.3 Å². The zero-order chi connectivity index (χ0) is 38.1. The summed E-state index contributed by atoms with van der Waals surface area (Å²) >= 11 is 0. The van der Waals surface area contributed by atoms with Gasteiger partial charge in [0.15, 0.2) is 0 Å². The third-order valence-electron chi connectivity index (χ3n) is 10.8. The molecule has 11 heteroatoms. The summed E-state index contributed by atoms with van der Waals surface area (Å²) in [5, 5.41) is 24.8. The van der Waals surface area contributed by atoms with Crippen LogP contribution >= 0.6 is 0 Å². The van der Waals surface area contributed by atoms with E-state index in [0.717, 1.165) is 68.4 Å². The smallest absolute Gasteiger partial charge is 0.257 e. The Kier molecular flexibility index (Phi) is 13.2. The van der Waals surface area contributed by atoms with E-state index in [4.69, 9.17) is 0 Å². The average Bonchev–Trinajstić information content (AvgIpc) is 3.21. The van der Waals surface area contributed by atoms with Gasteiger partial charge < -0.3 is 25.7 Å². The van der Waals surface area contributed by atoms with Gasteiger partial charge in [0.05, 0.1) is 22.8 Å². The van der Waals surface area contributed by atoms with E-state index in [-0.39, 0.29) is 41.5 Å². The van der Waals surface area contributed by atoms with Crippen LogP contribution in [0.5, 0.6) is 0 Å². The topological polar surface area (TPSA) is 139 Å². The highest BCUT2D eigenvalue weighted by Crippen LogP contribution is 2.32. The van der Waals surface area contributed by atoms with Gasteiger partial charge in [-0.1, -0.05) is 49.4 Å². The molecule has 1 saturated heterocycles. The SMILES string of the molecule is CCN([C@H]1CC[C@H](CO)CC1)S(=O)(=O)c1cccc(C(=O)Nc2ccc(N3CCCCC3)cc2C(=O)Nc2ccc(CCc3ccc(CO)cc3)cc2)c1. The molecule has 54 heavy (non-hydrogen) atoms. The van der Waals surface area contributed by atoms with Crippen LogP contribution in [0.4, 0.5) is 17.1 Å². The largest absolute Gasteiger partial charge is 0.396 e. The van der Waals surface area contributed by atoms with Gasteiger partial charge in [-0.3, -0.25) is 9.59 Å². The maximum Gasteiger partial charge on any atom is 0.257 e. The van der Waals surface area contributed by atoms with E-state index in [1.165, 1.54) is 28.4 Å². The first-order chi connectivity index (χ1) is 26.2. The number of aliphatic hydroxyl groups is 2. The number of benzene rings is 4. The number of carbonyl (C=O) groups excluding carboxylic acids is 2. The lowest BCUT2D eigenvalue weighted by Gasteiger charge is -2.35. The molecule has 0 bridgehead atoms. The van der Waals surface area contributed by atoms with Gasteiger partial charge in [0, 0.05) is 49.2 Å². The lowest BCUT2D eigenvalue weighted by molar-refractivity contribution is 0.102. The first-order valence-electron chi connectivity index (χ1n) is 19.2. The van der Waals surface area contributed by atoms with Crippen LogP contribution in [-0.4, -0.2) is 67.0 Å². The van der Waals surface area contributed by atoms with Crippen molar-refractivity contribution in [1.82, 2.24) is 4.31 Å². The molecule has 0 aromatic heterocycles. The van der Waals surface area contributed by atoms with Gasteiger partial charge in [0.25, 0.3) is 11.8 Å². The first-order valence-corrected chi connectivity index (χ1v) is 20.6. The Morgan fingerprint density at radius 2 is 1.41 bits per heavy atom. The number of piperidine rings is 1. The number of amides is 2. The molecule has 1 saturated carbocycles. The Balaban J connectivity index is 1.18. The summed E-state index contributed by atoms with van der Waals surface area (Å²) in [5.41, 5.74) is 5.52. The van der Waals surface area contributed by atoms with E-state index < -0.39 is 15.9 Å². The number of hydrogen-bond donors (Lipinski definition) is 4. The fraction of sp³-hybridized carbons (Fsp3) is 0.395. The molecule has 1 aliphatic carbocycles. The molecule has 1 aliphatic heterocycles. The van der Waals surface area contributed by atoms with Crippen LogP contribution in [0.25, 0.3) is 0 Å². The number of hydrogen-bond acceptors (Lipinski definition) is 7. The van der Waals surface area contributed by atoms with E-state index in [1.54, 1.807) is 18.2 Å². The number of anilines is 3. The maximum absolute atomic E-state index is 13.9. The summed E-state index contributed by atoms with van der Waals surface area (Å²) in [7, 11) is -3.89. The van der Waals surface area contributed by atoms with Crippen molar-refractivity contribution in [2.45, 2.75) is 82.3 Å². The number of nitrogens with zero attached hydrogens (tertiary/aromatic N) is 2. The van der Waals surface area contributed by atoms with E-state index in [1.807, 2.05) is 67.6 Å². The van der Waals surface area contributed by atoms with Crippen molar-refractivity contribution in [1.29, 1.82) is 0 Å². The molecule has 2 aliphatic rings. The molecule has 1 heterocycles. The Labute approximate surface area is 319 Å². The minimum Gasteiger partial charge on any atom is -0.396 e. The molecular weight excluding hydrogens is 701 g/mol. The van der Waals surface area contributed by atoms with Crippen molar-refractivity contribution in [3.8, 4) is 0 Å². The normalized spacial score (nSPS) is 17.7. The van der Waals surface area contributed by atoms with Gasteiger partial charge in [0.2, 0.25) is 10.0 Å². The van der Waals surface area contributed by atoms with Crippen molar-refractivity contribution >= 4 is 38.9 Å². The fourth-order valence-corrected chi connectivity index (χ4v) is 9.34. The van der Waals surface area contributed by atoms with E-state index in [2.05, 4.69) is 15.5 Å². The van der Waals surface area contributed by atoms with Crippen molar-refractivity contribution < 1.29 is 28.2 Å². The third-order valence-corrected chi connectivity index (χ3v) is 12.9. The van der Waals surface area contributed by atoms with Gasteiger partial charge in [-0.2, -0.15) is 4.31 Å². The van der Waals surface area contributed by atoms with Gasteiger partial charge >= 0.3 is 0 Å². The minimum atomic E-state index is -3.89. The Bertz CT molecular complexity index is 1990. The molecule has 0 atom stereocenters. The Morgan fingerprint density at radius 1 is 0.759 bits per heavy atom. The van der Waals surface area contributed by atoms with Crippen LogP contribution < -0.4 is 15.5 Å². The van der Waals surface area contributed by atoms with Gasteiger partial charge in [-0.05, 0) is 129 Å². The van der Waals surface area contributed by atoms with Crippen LogP contribution in [0.1, 0.15) is 89.3 Å². The molecular formula is C43H52N4O6S. The monoisotopic (exact) mass is 752 g/mol. The van der Waals surface area contributed by atoms with Gasteiger partial charge in [-0.15, -0.1) is 0 Å². The Hall–Kier alpha value is -4.55. The molecule has 10 nitrogen and oxygen atoms in total. The third kappa shape index (κ3) is 9.57. The van der Waals surface area contributed by atoms with Crippen molar-refractivity contribution in [2.75, 3.05) is 41.8 Å². The summed E-state index contributed by atoms with van der Waals surface area (Å²) in [6, 6.07) is 27.0. The fourth-order valence-electron chi connectivity index (χ4n) is 7.60. The number of aryl methyl sites for hydroxylation is 2. The molecule has 2 amide bonds. The molecule has 2 fully saturated rings. The molecule has 4 aromatic carbocycles. The highest BCUT2D eigenvalue weighted by Gasteiger charge is 2.33. The zero-order valence-electron chi connectivity index (χ0n) is 31.0. The summed E-state index contributed by atoms with van der Waals surface area (Å²) in [5.74, 6) is -0.685. The van der Waals surface area contributed by atoms with Crippen LogP contribution in [0, 0.1) is 5.92 Å². The van der Waals surface area contributed by atoms with Crippen LogP contribution in [0.2, 0.25) is 0 Å². The molecule has 0 spiro atoms. The average molecular weight is 753 g/mol. The van der Waals surface area contributed by atoms with Crippen LogP contribution in [0.3, 0.4) is 0 Å². The summed E-state index contributed by atoms with van der Waals surface area (Å²) < 4.78 is 29.3. The van der Waals surface area contributed by atoms with Crippen molar-refractivity contribution in [3.05, 3.63) is 119 Å². The second kappa shape index (κ2) is 18.2. The van der Waals surface area contributed by atoms with Gasteiger partial charge in [0.1, 0.15) is 0 Å². The van der Waals surface area contributed by atoms with Crippen LogP contribution in [-0.2, 0) is 29.5 Å². The number of rotatable bonds is 14. The first kappa shape index (κ1) is 39.2. The highest BCUT2D eigenvalue weighted by atomic mass is 32.2. The highest BCUT2D eigenvalue weighted by molar-refractivity contribution is 7.89. The number of nitrogens with one attached hydrogen (secondary N) is 2. The number of sulfonamides is 1. The van der Waals surface area contributed by atoms with Crippen LogP contribution in [0.15, 0.2) is 95.9 Å². The summed E-state index contributed by atoms with van der Waals surface area (Å²) in [6.07, 6.45) is 7.89. The molecule has 4 N–H and O–H groups in total. The lowest BCUT2D eigenvalue weighted by Crippen LogP contribution is -2.42.